The van der Waals surface area contributed by atoms with Gasteiger partial charge in [0.1, 0.15) is 0 Å². The van der Waals surface area contributed by atoms with Gasteiger partial charge in [-0.2, -0.15) is 5.26 Å². The lowest BCUT2D eigenvalue weighted by atomic mass is 9.82. The Morgan fingerprint density at radius 2 is 1.79 bits per heavy atom. The summed E-state index contributed by atoms with van der Waals surface area (Å²) in [5.41, 5.74) is 1.25. The fourth-order valence-corrected chi connectivity index (χ4v) is 2.37. The predicted molar refractivity (Wildman–Crippen MR) is 56.7 cm³/mol. The zero-order chi connectivity index (χ0) is 9.86. The maximum Gasteiger partial charge on any atom is 0.0693 e. The molecule has 0 atom stereocenters. The Labute approximate surface area is 85.4 Å². The molecule has 0 aromatic heterocycles. The molecular weight excluding hydrogens is 170 g/mol. The molecule has 1 heteroatoms. The summed E-state index contributed by atoms with van der Waals surface area (Å²) in [6.07, 6.45) is 5.54. The van der Waals surface area contributed by atoms with Crippen molar-refractivity contribution in [2.24, 2.45) is 5.41 Å². The lowest BCUT2D eigenvalue weighted by Crippen LogP contribution is -2.16. The Kier molecular flexibility index (Phi) is 2.54. The monoisotopic (exact) mass is 185 g/mol. The van der Waals surface area contributed by atoms with Crippen LogP contribution in [-0.2, 0) is 6.42 Å². The lowest BCUT2D eigenvalue weighted by Gasteiger charge is -2.19. The van der Waals surface area contributed by atoms with E-state index in [2.05, 4.69) is 30.3 Å². The molecule has 1 nitrogen and oxygen atoms in total. The number of hydrogen-bond donors (Lipinski definition) is 0. The van der Waals surface area contributed by atoms with Crippen molar-refractivity contribution in [3.8, 4) is 6.07 Å². The maximum atomic E-state index is 9.23. The van der Waals surface area contributed by atoms with Crippen LogP contribution in [0.15, 0.2) is 30.3 Å². The van der Waals surface area contributed by atoms with Crippen LogP contribution < -0.4 is 0 Å². The van der Waals surface area contributed by atoms with Crippen molar-refractivity contribution in [1.82, 2.24) is 0 Å². The van der Waals surface area contributed by atoms with E-state index in [1.54, 1.807) is 0 Å². The normalized spacial score (nSPS) is 19.1. The fraction of sp³-hybridized carbons (Fsp3) is 0.462. The molecule has 1 aliphatic carbocycles. The highest BCUT2D eigenvalue weighted by Gasteiger charge is 2.33. The van der Waals surface area contributed by atoms with Gasteiger partial charge in [0, 0.05) is 0 Å². The summed E-state index contributed by atoms with van der Waals surface area (Å²) >= 11 is 0. The van der Waals surface area contributed by atoms with Gasteiger partial charge in [-0.15, -0.1) is 0 Å². The number of benzene rings is 1. The van der Waals surface area contributed by atoms with Crippen molar-refractivity contribution in [3.63, 3.8) is 0 Å². The third-order valence-electron chi connectivity index (χ3n) is 3.18. The third-order valence-corrected chi connectivity index (χ3v) is 3.18. The van der Waals surface area contributed by atoms with E-state index in [-0.39, 0.29) is 5.41 Å². The first-order chi connectivity index (χ1) is 6.85. The highest BCUT2D eigenvalue weighted by Crippen LogP contribution is 2.40. The molecule has 1 aliphatic rings. The second kappa shape index (κ2) is 3.84. The molecule has 2 rings (SSSR count). The van der Waals surface area contributed by atoms with Gasteiger partial charge in [-0.3, -0.25) is 0 Å². The van der Waals surface area contributed by atoms with E-state index in [1.807, 2.05) is 6.07 Å². The molecule has 0 radical (unpaired) electrons. The second-order valence-electron chi connectivity index (χ2n) is 4.26. The number of nitriles is 1. The Morgan fingerprint density at radius 1 is 1.14 bits per heavy atom. The van der Waals surface area contributed by atoms with Gasteiger partial charge in [0.05, 0.1) is 11.5 Å². The minimum absolute atomic E-state index is 0.0542. The van der Waals surface area contributed by atoms with Crippen molar-refractivity contribution in [3.05, 3.63) is 35.9 Å². The molecule has 72 valence electrons. The van der Waals surface area contributed by atoms with E-state index >= 15 is 0 Å². The largest absolute Gasteiger partial charge is 0.198 e. The summed E-state index contributed by atoms with van der Waals surface area (Å²) in [7, 11) is 0. The first kappa shape index (κ1) is 9.27. The summed E-state index contributed by atoms with van der Waals surface area (Å²) < 4.78 is 0. The van der Waals surface area contributed by atoms with E-state index in [0.717, 1.165) is 19.3 Å². The topological polar surface area (TPSA) is 23.8 Å². The zero-order valence-corrected chi connectivity index (χ0v) is 8.37. The van der Waals surface area contributed by atoms with Gasteiger partial charge in [-0.05, 0) is 24.8 Å². The first-order valence-corrected chi connectivity index (χ1v) is 5.30. The van der Waals surface area contributed by atoms with Gasteiger partial charge in [0.25, 0.3) is 0 Å². The highest BCUT2D eigenvalue weighted by atomic mass is 14.4. The van der Waals surface area contributed by atoms with Crippen molar-refractivity contribution < 1.29 is 0 Å². The quantitative estimate of drug-likeness (QED) is 0.693. The molecule has 0 bridgehead atoms. The van der Waals surface area contributed by atoms with Crippen LogP contribution in [0.1, 0.15) is 31.2 Å². The SMILES string of the molecule is N#CC1(Cc2ccccc2)CCCC1. The Bertz CT molecular complexity index is 328. The molecule has 0 spiro atoms. The van der Waals surface area contributed by atoms with Crippen molar-refractivity contribution in [2.45, 2.75) is 32.1 Å². The molecule has 0 saturated heterocycles. The van der Waals surface area contributed by atoms with Crippen molar-refractivity contribution in [2.75, 3.05) is 0 Å². The van der Waals surface area contributed by atoms with Gasteiger partial charge in [-0.1, -0.05) is 43.2 Å². The van der Waals surface area contributed by atoms with Crippen LogP contribution in [0.25, 0.3) is 0 Å². The summed E-state index contributed by atoms with van der Waals surface area (Å²) in [6, 6.07) is 12.9. The second-order valence-corrected chi connectivity index (χ2v) is 4.26. The molecule has 0 N–H and O–H groups in total. The molecule has 0 heterocycles. The fourth-order valence-electron chi connectivity index (χ4n) is 2.37. The summed E-state index contributed by atoms with van der Waals surface area (Å²) in [6.45, 7) is 0. The summed E-state index contributed by atoms with van der Waals surface area (Å²) in [5, 5.41) is 9.23. The van der Waals surface area contributed by atoms with Crippen LogP contribution in [0.3, 0.4) is 0 Å². The Hall–Kier alpha value is -1.29. The Morgan fingerprint density at radius 3 is 2.36 bits per heavy atom. The zero-order valence-electron chi connectivity index (χ0n) is 8.37. The van der Waals surface area contributed by atoms with E-state index in [4.69, 9.17) is 0 Å². The minimum Gasteiger partial charge on any atom is -0.198 e. The number of hydrogen-bond acceptors (Lipinski definition) is 1. The predicted octanol–water partition coefficient (Wildman–Crippen LogP) is 3.31. The van der Waals surface area contributed by atoms with Gasteiger partial charge in [0.2, 0.25) is 0 Å². The standard InChI is InChI=1S/C13H15N/c14-11-13(8-4-5-9-13)10-12-6-2-1-3-7-12/h1-3,6-7H,4-5,8-10H2. The van der Waals surface area contributed by atoms with Crippen LogP contribution in [0.5, 0.6) is 0 Å². The van der Waals surface area contributed by atoms with E-state index in [1.165, 1.54) is 18.4 Å². The smallest absolute Gasteiger partial charge is 0.0693 e. The first-order valence-electron chi connectivity index (χ1n) is 5.30. The van der Waals surface area contributed by atoms with Crippen molar-refractivity contribution >= 4 is 0 Å². The summed E-state index contributed by atoms with van der Waals surface area (Å²) in [5.74, 6) is 0. The molecule has 1 aromatic rings. The third kappa shape index (κ3) is 1.80. The molecule has 1 fully saturated rings. The molecule has 1 aromatic carbocycles. The summed E-state index contributed by atoms with van der Waals surface area (Å²) in [4.78, 5) is 0. The lowest BCUT2D eigenvalue weighted by molar-refractivity contribution is 0.408. The van der Waals surface area contributed by atoms with Crippen LogP contribution >= 0.6 is 0 Å². The molecule has 0 amide bonds. The van der Waals surface area contributed by atoms with Crippen LogP contribution in [0.2, 0.25) is 0 Å². The van der Waals surface area contributed by atoms with Crippen LogP contribution in [0.4, 0.5) is 0 Å². The highest BCUT2D eigenvalue weighted by molar-refractivity contribution is 5.20. The van der Waals surface area contributed by atoms with Gasteiger partial charge < -0.3 is 0 Å². The molecular formula is C13H15N. The Balaban J connectivity index is 2.13. The van der Waals surface area contributed by atoms with Gasteiger partial charge in [0.15, 0.2) is 0 Å². The van der Waals surface area contributed by atoms with Crippen LogP contribution in [-0.4, -0.2) is 0 Å². The molecule has 0 unspecified atom stereocenters. The van der Waals surface area contributed by atoms with E-state index < -0.39 is 0 Å². The minimum atomic E-state index is -0.0542. The molecule has 0 aliphatic heterocycles. The van der Waals surface area contributed by atoms with Gasteiger partial charge >= 0.3 is 0 Å². The maximum absolute atomic E-state index is 9.23. The number of rotatable bonds is 2. The van der Waals surface area contributed by atoms with E-state index in [9.17, 15) is 5.26 Å². The van der Waals surface area contributed by atoms with Crippen LogP contribution in [0, 0.1) is 16.7 Å². The number of nitrogens with zero attached hydrogens (tertiary/aromatic N) is 1. The average Bonchev–Trinajstić information content (AvgIpc) is 2.69. The molecule has 14 heavy (non-hydrogen) atoms. The van der Waals surface area contributed by atoms with Gasteiger partial charge in [-0.25, -0.2) is 0 Å². The molecule has 1 saturated carbocycles. The average molecular weight is 185 g/mol. The van der Waals surface area contributed by atoms with Crippen molar-refractivity contribution in [1.29, 1.82) is 5.26 Å². The van der Waals surface area contributed by atoms with E-state index in [0.29, 0.717) is 0 Å².